The van der Waals surface area contributed by atoms with Crippen molar-refractivity contribution in [3.05, 3.63) is 153 Å². The minimum absolute atomic E-state index is 0. The van der Waals surface area contributed by atoms with Crippen molar-refractivity contribution in [3.63, 3.8) is 0 Å². The summed E-state index contributed by atoms with van der Waals surface area (Å²) in [6.45, 7) is 8.71. The van der Waals surface area contributed by atoms with Crippen LogP contribution in [-0.2, 0) is 24.6 Å². The Morgan fingerprint density at radius 3 is 1.98 bits per heavy atom. The van der Waals surface area contributed by atoms with Gasteiger partial charge in [-0.1, -0.05) is 48.0 Å². The predicted molar refractivity (Wildman–Crippen MR) is 206 cm³/mol. The Kier molecular flexibility index (Phi) is 13.3. The van der Waals surface area contributed by atoms with Crippen molar-refractivity contribution in [2.24, 2.45) is 0 Å². The molecule has 1 amide bonds. The Hall–Kier alpha value is -5.33. The van der Waals surface area contributed by atoms with Crippen LogP contribution in [0.25, 0.3) is 6.08 Å². The van der Waals surface area contributed by atoms with E-state index in [2.05, 4.69) is 40.2 Å². The van der Waals surface area contributed by atoms with Crippen LogP contribution >= 0.6 is 24.0 Å². The smallest absolute Gasteiger partial charge is 0.246 e. The molecule has 2 heterocycles. The van der Waals surface area contributed by atoms with E-state index in [1.54, 1.807) is 30.5 Å². The number of nitriles is 1. The third kappa shape index (κ3) is 10.6. The molecular formula is C42H40Cl2N4O4. The van der Waals surface area contributed by atoms with Crippen LogP contribution < -0.4 is 14.2 Å². The maximum atomic E-state index is 13.1. The van der Waals surface area contributed by atoms with E-state index in [4.69, 9.17) is 31.1 Å². The van der Waals surface area contributed by atoms with Gasteiger partial charge in [0.2, 0.25) is 11.8 Å². The number of nitrogens with zero attached hydrogens (tertiary/aromatic N) is 4. The Labute approximate surface area is 316 Å². The second-order valence-electron chi connectivity index (χ2n) is 12.5. The van der Waals surface area contributed by atoms with Gasteiger partial charge >= 0.3 is 0 Å². The molecule has 1 aliphatic rings. The van der Waals surface area contributed by atoms with Crippen LogP contribution in [-0.4, -0.2) is 46.9 Å². The highest BCUT2D eigenvalue weighted by Crippen LogP contribution is 2.30. The standard InChI is InChI=1S/C42H39ClN4O4.ClH/c1-30-23-36(24-31(2)42(30)51-40-17-16-39(26-45-40)50-29-34-7-3-32(25-44)4-8-34)11-18-41(48)47-21-19-46(20-22-47)27-33-5-9-35(10-6-33)28-49-38-14-12-37(43)13-15-38;/h3-18,23-24,26H,19-22,27-29H2,1-2H3;1H. The lowest BCUT2D eigenvalue weighted by Gasteiger charge is -2.34. The average molecular weight is 736 g/mol. The van der Waals surface area contributed by atoms with Gasteiger partial charge in [-0.25, -0.2) is 4.98 Å². The third-order valence-electron chi connectivity index (χ3n) is 8.64. The molecule has 8 nitrogen and oxygen atoms in total. The van der Waals surface area contributed by atoms with Gasteiger partial charge in [-0.05, 0) is 108 Å². The van der Waals surface area contributed by atoms with Crippen LogP contribution in [0.3, 0.4) is 0 Å². The number of rotatable bonds is 12. The number of halogens is 2. The fourth-order valence-corrected chi connectivity index (χ4v) is 5.92. The zero-order valence-corrected chi connectivity index (χ0v) is 30.7. The molecule has 0 bridgehead atoms. The normalized spacial score (nSPS) is 12.9. The van der Waals surface area contributed by atoms with Gasteiger partial charge in [-0.2, -0.15) is 5.26 Å². The number of carbonyl (C=O) groups excluding carboxylic acids is 1. The first kappa shape index (κ1) is 37.9. The molecule has 1 saturated heterocycles. The summed E-state index contributed by atoms with van der Waals surface area (Å²) in [7, 11) is 0. The second kappa shape index (κ2) is 18.2. The molecule has 0 N–H and O–H groups in total. The SMILES string of the molecule is Cc1cc(C=CC(=O)N2CCN(Cc3ccc(COc4ccc(Cl)cc4)cc3)CC2)cc(C)c1Oc1ccc(OCc2ccc(C#N)cc2)cn1.Cl. The minimum Gasteiger partial charge on any atom is -0.489 e. The number of piperazine rings is 1. The van der Waals surface area contributed by atoms with Crippen molar-refractivity contribution >= 4 is 36.0 Å². The topological polar surface area (TPSA) is 87.9 Å². The Bertz CT molecular complexity index is 1980. The van der Waals surface area contributed by atoms with Crippen LogP contribution in [0.15, 0.2) is 109 Å². The number of hydrogen-bond acceptors (Lipinski definition) is 7. The lowest BCUT2D eigenvalue weighted by atomic mass is 10.1. The highest BCUT2D eigenvalue weighted by molar-refractivity contribution is 6.30. The molecule has 5 aromatic rings. The molecule has 52 heavy (non-hydrogen) atoms. The van der Waals surface area contributed by atoms with Crippen LogP contribution in [0.5, 0.6) is 23.1 Å². The van der Waals surface area contributed by atoms with Gasteiger partial charge < -0.3 is 19.1 Å². The van der Waals surface area contributed by atoms with Gasteiger partial charge in [0, 0.05) is 49.9 Å². The average Bonchev–Trinajstić information content (AvgIpc) is 3.16. The molecule has 1 aromatic heterocycles. The number of carbonyl (C=O) groups is 1. The van der Waals surface area contributed by atoms with Gasteiger partial charge in [0.15, 0.2) is 0 Å². The van der Waals surface area contributed by atoms with Crippen LogP contribution in [0.2, 0.25) is 5.02 Å². The molecule has 6 rings (SSSR count). The number of benzene rings is 4. The summed E-state index contributed by atoms with van der Waals surface area (Å²) >= 11 is 5.95. The fraction of sp³-hybridized carbons (Fsp3) is 0.214. The number of ether oxygens (including phenoxy) is 3. The summed E-state index contributed by atoms with van der Waals surface area (Å²) in [6, 6.07) is 32.9. The number of amides is 1. The zero-order valence-electron chi connectivity index (χ0n) is 29.1. The van der Waals surface area contributed by atoms with Crippen molar-refractivity contribution in [1.82, 2.24) is 14.8 Å². The largest absolute Gasteiger partial charge is 0.489 e. The van der Waals surface area contributed by atoms with Gasteiger partial charge in [0.1, 0.15) is 30.5 Å². The van der Waals surface area contributed by atoms with Crippen LogP contribution in [0.1, 0.15) is 38.9 Å². The second-order valence-corrected chi connectivity index (χ2v) is 12.9. The summed E-state index contributed by atoms with van der Waals surface area (Å²) in [5, 5.41) is 9.65. The minimum atomic E-state index is 0. The molecule has 1 aliphatic heterocycles. The van der Waals surface area contributed by atoms with E-state index >= 15 is 0 Å². The molecule has 10 heteroatoms. The molecule has 0 atom stereocenters. The molecule has 0 radical (unpaired) electrons. The number of aryl methyl sites for hydroxylation is 2. The van der Waals surface area contributed by atoms with Gasteiger partial charge in [-0.3, -0.25) is 9.69 Å². The maximum Gasteiger partial charge on any atom is 0.246 e. The molecule has 4 aromatic carbocycles. The molecule has 0 saturated carbocycles. The van der Waals surface area contributed by atoms with E-state index in [1.165, 1.54) is 5.56 Å². The first-order valence-electron chi connectivity index (χ1n) is 16.8. The van der Waals surface area contributed by atoms with Crippen molar-refractivity contribution < 1.29 is 19.0 Å². The predicted octanol–water partition coefficient (Wildman–Crippen LogP) is 8.95. The third-order valence-corrected chi connectivity index (χ3v) is 8.89. The first-order chi connectivity index (χ1) is 24.8. The monoisotopic (exact) mass is 734 g/mol. The van der Waals surface area contributed by atoms with E-state index in [1.807, 2.05) is 79.4 Å². The van der Waals surface area contributed by atoms with E-state index in [9.17, 15) is 4.79 Å². The number of aromatic nitrogens is 1. The van der Waals surface area contributed by atoms with Crippen molar-refractivity contribution in [2.45, 2.75) is 33.6 Å². The van der Waals surface area contributed by atoms with Gasteiger partial charge in [0.25, 0.3) is 0 Å². The molecule has 0 unspecified atom stereocenters. The summed E-state index contributed by atoms with van der Waals surface area (Å²) in [4.78, 5) is 21.8. The molecular weight excluding hydrogens is 695 g/mol. The van der Waals surface area contributed by atoms with Crippen LogP contribution in [0.4, 0.5) is 0 Å². The Morgan fingerprint density at radius 2 is 1.38 bits per heavy atom. The summed E-state index contributed by atoms with van der Waals surface area (Å²) in [5.74, 6) is 2.62. The summed E-state index contributed by atoms with van der Waals surface area (Å²) < 4.78 is 17.8. The van der Waals surface area contributed by atoms with E-state index in [0.717, 1.165) is 59.0 Å². The number of hydrogen-bond donors (Lipinski definition) is 0. The Morgan fingerprint density at radius 1 is 0.808 bits per heavy atom. The van der Waals surface area contributed by atoms with Gasteiger partial charge in [-0.15, -0.1) is 12.4 Å². The summed E-state index contributed by atoms with van der Waals surface area (Å²) in [5.41, 5.74) is 6.75. The van der Waals surface area contributed by atoms with E-state index in [-0.39, 0.29) is 18.3 Å². The fourth-order valence-electron chi connectivity index (χ4n) is 5.80. The molecule has 1 fully saturated rings. The zero-order chi connectivity index (χ0) is 35.6. The van der Waals surface area contributed by atoms with Crippen molar-refractivity contribution in [2.75, 3.05) is 26.2 Å². The van der Waals surface area contributed by atoms with Gasteiger partial charge in [0.05, 0.1) is 17.8 Å². The number of pyridine rings is 1. The summed E-state index contributed by atoms with van der Waals surface area (Å²) in [6.07, 6.45) is 5.16. The van der Waals surface area contributed by atoms with Crippen molar-refractivity contribution in [3.8, 4) is 29.2 Å². The highest BCUT2D eigenvalue weighted by Gasteiger charge is 2.20. The quantitative estimate of drug-likeness (QED) is 0.118. The van der Waals surface area contributed by atoms with E-state index < -0.39 is 0 Å². The highest BCUT2D eigenvalue weighted by atomic mass is 35.5. The molecule has 266 valence electrons. The lowest BCUT2D eigenvalue weighted by molar-refractivity contribution is -0.127. The lowest BCUT2D eigenvalue weighted by Crippen LogP contribution is -2.47. The maximum absolute atomic E-state index is 13.1. The van der Waals surface area contributed by atoms with Crippen LogP contribution in [0, 0.1) is 25.2 Å². The van der Waals surface area contributed by atoms with Crippen molar-refractivity contribution in [1.29, 1.82) is 5.26 Å². The Balaban J connectivity index is 0.00000523. The van der Waals surface area contributed by atoms with E-state index in [0.29, 0.717) is 48.5 Å². The molecule has 0 aliphatic carbocycles. The first-order valence-corrected chi connectivity index (χ1v) is 17.2. The molecule has 0 spiro atoms.